The van der Waals surface area contributed by atoms with Crippen LogP contribution in [0.25, 0.3) is 102 Å². The first-order chi connectivity index (χ1) is 29.7. The summed E-state index contributed by atoms with van der Waals surface area (Å²) < 4.78 is 0. The van der Waals surface area contributed by atoms with Crippen LogP contribution in [0, 0.1) is 0 Å². The molecule has 282 valence electrons. The maximum Gasteiger partial charge on any atom is 0.160 e. The Labute approximate surface area is 347 Å². The molecule has 0 aliphatic carbocycles. The third-order valence-corrected chi connectivity index (χ3v) is 10.2. The van der Waals surface area contributed by atoms with E-state index in [1.54, 1.807) is 0 Å². The zero-order valence-electron chi connectivity index (χ0n) is 32.3. The van der Waals surface area contributed by atoms with Crippen molar-refractivity contribution in [3.63, 3.8) is 0 Å². The first-order valence-electron chi connectivity index (χ1n) is 19.7. The van der Waals surface area contributed by atoms with Crippen molar-refractivity contribution < 1.29 is 0 Å². The molecule has 10 aromatic rings. The number of nitrogens with zero attached hydrogens (tertiary/aromatic N) is 7. The van der Waals surface area contributed by atoms with Crippen molar-refractivity contribution in [2.24, 2.45) is 0 Å². The van der Waals surface area contributed by atoms with Gasteiger partial charge in [0.1, 0.15) is 0 Å². The highest BCUT2D eigenvalue weighted by Gasteiger charge is 2.16. The van der Waals surface area contributed by atoms with Crippen LogP contribution >= 0.6 is 0 Å². The summed E-state index contributed by atoms with van der Waals surface area (Å²) >= 11 is 0. The van der Waals surface area contributed by atoms with Gasteiger partial charge >= 0.3 is 0 Å². The zero-order valence-corrected chi connectivity index (χ0v) is 32.3. The predicted molar refractivity (Wildman–Crippen MR) is 240 cm³/mol. The quantitative estimate of drug-likeness (QED) is 0.144. The lowest BCUT2D eigenvalue weighted by Crippen LogP contribution is -1.98. The molecule has 0 fully saturated rings. The van der Waals surface area contributed by atoms with Crippen molar-refractivity contribution in [2.45, 2.75) is 0 Å². The number of aromatic nitrogens is 7. The van der Waals surface area contributed by atoms with Crippen LogP contribution in [0.1, 0.15) is 0 Å². The molecule has 7 nitrogen and oxygen atoms in total. The van der Waals surface area contributed by atoms with Crippen LogP contribution in [0.2, 0.25) is 0 Å². The monoisotopic (exact) mass is 769 g/mol. The van der Waals surface area contributed by atoms with Crippen LogP contribution in [0.4, 0.5) is 0 Å². The highest BCUT2D eigenvalue weighted by Crippen LogP contribution is 2.33. The molecule has 0 saturated carbocycles. The minimum atomic E-state index is 0.654. The lowest BCUT2D eigenvalue weighted by Gasteiger charge is -2.12. The van der Waals surface area contributed by atoms with E-state index in [2.05, 4.69) is 48.5 Å². The van der Waals surface area contributed by atoms with E-state index in [0.29, 0.717) is 17.3 Å². The second-order valence-corrected chi connectivity index (χ2v) is 14.2. The van der Waals surface area contributed by atoms with Crippen LogP contribution in [0.3, 0.4) is 0 Å². The molecule has 10 rings (SSSR count). The maximum atomic E-state index is 5.19. The fraction of sp³-hybridized carbons (Fsp3) is 0. The second kappa shape index (κ2) is 16.3. The number of hydrogen-bond donors (Lipinski definition) is 0. The van der Waals surface area contributed by atoms with E-state index >= 15 is 0 Å². The first-order valence-corrected chi connectivity index (χ1v) is 19.7. The third-order valence-electron chi connectivity index (χ3n) is 10.2. The molecule has 0 N–H and O–H groups in total. The minimum absolute atomic E-state index is 0.654. The summed E-state index contributed by atoms with van der Waals surface area (Å²) in [6.07, 6.45) is 3.68. The van der Waals surface area contributed by atoms with Crippen molar-refractivity contribution in [3.05, 3.63) is 213 Å². The van der Waals surface area contributed by atoms with Crippen molar-refractivity contribution in [1.29, 1.82) is 0 Å². The summed E-state index contributed by atoms with van der Waals surface area (Å²) in [6, 6.07) is 67.1. The lowest BCUT2D eigenvalue weighted by atomic mass is 10.0. The van der Waals surface area contributed by atoms with E-state index in [9.17, 15) is 0 Å². The van der Waals surface area contributed by atoms with E-state index in [4.69, 9.17) is 34.9 Å². The number of benzene rings is 5. The molecule has 0 saturated heterocycles. The Kier molecular flexibility index (Phi) is 9.79. The van der Waals surface area contributed by atoms with Crippen molar-refractivity contribution in [2.75, 3.05) is 0 Å². The topological polar surface area (TPSA) is 90.2 Å². The van der Waals surface area contributed by atoms with Gasteiger partial charge in [0.2, 0.25) is 0 Å². The van der Waals surface area contributed by atoms with E-state index < -0.39 is 0 Å². The third kappa shape index (κ3) is 7.71. The van der Waals surface area contributed by atoms with Crippen molar-refractivity contribution >= 4 is 0 Å². The standard InChI is InChI=1S/C53H35N7/c1-6-16-36(17-7-1)43-31-50(44-27-26-42(35-55-44)48-34-46(38-20-10-3-11-21-38)58-53(60-48)40-24-14-5-15-25-40)56-51(32-43)49-30-41(28-29-54-49)47-33-45(37-18-8-2-9-19-37)57-52(59-47)39-22-12-4-13-23-39/h1-35H. The van der Waals surface area contributed by atoms with E-state index in [0.717, 1.165) is 84.4 Å². The van der Waals surface area contributed by atoms with Gasteiger partial charge in [0.25, 0.3) is 0 Å². The Balaban J connectivity index is 1.05. The molecular formula is C53H35N7. The van der Waals surface area contributed by atoms with Gasteiger partial charge in [0.15, 0.2) is 11.6 Å². The normalized spacial score (nSPS) is 11.0. The van der Waals surface area contributed by atoms with Crippen molar-refractivity contribution in [3.8, 4) is 102 Å². The Morgan fingerprint density at radius 1 is 0.217 bits per heavy atom. The fourth-order valence-electron chi connectivity index (χ4n) is 7.15. The average Bonchev–Trinajstić information content (AvgIpc) is 3.35. The van der Waals surface area contributed by atoms with Crippen LogP contribution in [-0.4, -0.2) is 34.9 Å². The molecule has 5 heterocycles. The Hall–Kier alpha value is -8.29. The second-order valence-electron chi connectivity index (χ2n) is 14.2. The molecule has 0 bridgehead atoms. The van der Waals surface area contributed by atoms with Crippen LogP contribution in [0.5, 0.6) is 0 Å². The van der Waals surface area contributed by atoms with Crippen molar-refractivity contribution in [1.82, 2.24) is 34.9 Å². The van der Waals surface area contributed by atoms with Gasteiger partial charge in [-0.3, -0.25) is 9.97 Å². The molecule has 0 atom stereocenters. The Morgan fingerprint density at radius 3 is 1.12 bits per heavy atom. The van der Waals surface area contributed by atoms with Gasteiger partial charge in [-0.2, -0.15) is 0 Å². The van der Waals surface area contributed by atoms with Crippen LogP contribution < -0.4 is 0 Å². The SMILES string of the molecule is c1ccc(-c2cc(-c3ccc(-c4cc(-c5ccccc5)nc(-c5ccccc5)n4)cn3)nc(-c3cc(-c4cc(-c5ccccc5)nc(-c5ccccc5)n4)ccn3)c2)cc1. The molecule has 0 aliphatic heterocycles. The molecule has 0 amide bonds. The van der Waals surface area contributed by atoms with Crippen LogP contribution in [-0.2, 0) is 0 Å². The summed E-state index contributed by atoms with van der Waals surface area (Å²) in [7, 11) is 0. The Morgan fingerprint density at radius 2 is 0.633 bits per heavy atom. The molecule has 0 spiro atoms. The van der Waals surface area contributed by atoms with Gasteiger partial charge < -0.3 is 0 Å². The largest absolute Gasteiger partial charge is 0.255 e. The van der Waals surface area contributed by atoms with Gasteiger partial charge in [-0.1, -0.05) is 152 Å². The summed E-state index contributed by atoms with van der Waals surface area (Å²) in [5.41, 5.74) is 13.9. The van der Waals surface area contributed by atoms with E-state index in [-0.39, 0.29) is 0 Å². The molecule has 7 heteroatoms. The summed E-state index contributed by atoms with van der Waals surface area (Å²) in [4.78, 5) is 35.0. The molecule has 5 aromatic carbocycles. The number of rotatable bonds is 9. The number of hydrogen-bond acceptors (Lipinski definition) is 7. The van der Waals surface area contributed by atoms with Gasteiger partial charge in [-0.15, -0.1) is 0 Å². The average molecular weight is 770 g/mol. The molecule has 60 heavy (non-hydrogen) atoms. The molecule has 0 unspecified atom stereocenters. The van der Waals surface area contributed by atoms with Gasteiger partial charge in [-0.25, -0.2) is 24.9 Å². The van der Waals surface area contributed by atoms with E-state index in [1.165, 1.54) is 0 Å². The van der Waals surface area contributed by atoms with E-state index in [1.807, 2.05) is 164 Å². The first kappa shape index (κ1) is 36.1. The molecule has 0 radical (unpaired) electrons. The molecule has 0 aliphatic rings. The predicted octanol–water partition coefficient (Wildman–Crippen LogP) is 12.5. The van der Waals surface area contributed by atoms with Crippen LogP contribution in [0.15, 0.2) is 213 Å². The lowest BCUT2D eigenvalue weighted by molar-refractivity contribution is 1.17. The van der Waals surface area contributed by atoms with Gasteiger partial charge in [0, 0.05) is 45.8 Å². The summed E-state index contributed by atoms with van der Waals surface area (Å²) in [6.45, 7) is 0. The van der Waals surface area contributed by atoms with Gasteiger partial charge in [-0.05, 0) is 59.7 Å². The van der Waals surface area contributed by atoms with Gasteiger partial charge in [0.05, 0.1) is 45.6 Å². The zero-order chi connectivity index (χ0) is 40.1. The maximum absolute atomic E-state index is 5.19. The smallest absolute Gasteiger partial charge is 0.160 e. The fourth-order valence-corrected chi connectivity index (χ4v) is 7.15. The molecule has 5 aromatic heterocycles. The summed E-state index contributed by atoms with van der Waals surface area (Å²) in [5.74, 6) is 1.31. The highest BCUT2D eigenvalue weighted by atomic mass is 14.9. The minimum Gasteiger partial charge on any atom is -0.255 e. The number of pyridine rings is 3. The Bertz CT molecular complexity index is 2940. The summed E-state index contributed by atoms with van der Waals surface area (Å²) in [5, 5.41) is 0. The highest BCUT2D eigenvalue weighted by molar-refractivity contribution is 5.79. The molecular weight excluding hydrogens is 735 g/mol.